The van der Waals surface area contributed by atoms with Gasteiger partial charge >= 0.3 is 0 Å². The molecule has 0 aliphatic carbocycles. The fourth-order valence-corrected chi connectivity index (χ4v) is 4.01. The van der Waals surface area contributed by atoms with E-state index in [0.717, 1.165) is 11.5 Å². The average molecular weight is 294 g/mol. The first-order chi connectivity index (χ1) is 8.43. The topological polar surface area (TPSA) is 75.3 Å². The van der Waals surface area contributed by atoms with Gasteiger partial charge in [0.1, 0.15) is 0 Å². The zero-order valence-corrected chi connectivity index (χ0v) is 12.6. The molecule has 7 heteroatoms. The molecule has 0 aromatic rings. The predicted octanol–water partition coefficient (Wildman–Crippen LogP) is 0.0209. The molecule has 0 saturated carbocycles. The number of nitrogens with one attached hydrogen (secondary N) is 2. The van der Waals surface area contributed by atoms with Gasteiger partial charge in [0.2, 0.25) is 5.91 Å². The van der Waals surface area contributed by atoms with Crippen LogP contribution in [0.3, 0.4) is 0 Å². The van der Waals surface area contributed by atoms with Gasteiger partial charge in [-0.3, -0.25) is 4.79 Å². The number of thioether (sulfide) groups is 1. The van der Waals surface area contributed by atoms with Gasteiger partial charge in [-0.15, -0.1) is 0 Å². The average Bonchev–Trinajstić information content (AvgIpc) is 2.24. The number of sulfone groups is 1. The van der Waals surface area contributed by atoms with Crippen LogP contribution in [0.5, 0.6) is 0 Å². The van der Waals surface area contributed by atoms with E-state index in [1.54, 1.807) is 11.8 Å². The molecule has 1 saturated heterocycles. The molecule has 1 heterocycles. The third-order valence-electron chi connectivity index (χ3n) is 2.71. The standard InChI is InChI=1S/C11H22N2O3S2/c1-3-17-7-9(2)13-11(14)6-10-8-18(15,16)5-4-12-10/h9-10,12H,3-8H2,1-2H3,(H,13,14). The van der Waals surface area contributed by atoms with Crippen molar-refractivity contribution >= 4 is 27.5 Å². The molecule has 0 aromatic heterocycles. The highest BCUT2D eigenvalue weighted by Gasteiger charge is 2.26. The summed E-state index contributed by atoms with van der Waals surface area (Å²) in [5.74, 6) is 2.09. The van der Waals surface area contributed by atoms with Crippen LogP contribution in [0.1, 0.15) is 20.3 Å². The molecule has 1 fully saturated rings. The molecule has 18 heavy (non-hydrogen) atoms. The van der Waals surface area contributed by atoms with Crippen LogP contribution in [0.4, 0.5) is 0 Å². The molecule has 2 unspecified atom stereocenters. The third-order valence-corrected chi connectivity index (χ3v) is 5.59. The van der Waals surface area contributed by atoms with Crippen molar-refractivity contribution in [2.24, 2.45) is 0 Å². The van der Waals surface area contributed by atoms with Crippen LogP contribution in [-0.4, -0.2) is 56.0 Å². The van der Waals surface area contributed by atoms with Gasteiger partial charge in [0, 0.05) is 30.8 Å². The van der Waals surface area contributed by atoms with Crippen LogP contribution in [0.15, 0.2) is 0 Å². The Bertz CT molecular complexity index is 370. The Kier molecular flexibility index (Phi) is 6.45. The Balaban J connectivity index is 2.31. The maximum Gasteiger partial charge on any atom is 0.221 e. The highest BCUT2D eigenvalue weighted by atomic mass is 32.2. The van der Waals surface area contributed by atoms with Crippen molar-refractivity contribution in [3.8, 4) is 0 Å². The summed E-state index contributed by atoms with van der Waals surface area (Å²) in [4.78, 5) is 11.7. The minimum atomic E-state index is -2.97. The SMILES string of the molecule is CCSCC(C)NC(=O)CC1CS(=O)(=O)CCN1. The van der Waals surface area contributed by atoms with Gasteiger partial charge in [-0.2, -0.15) is 11.8 Å². The summed E-state index contributed by atoms with van der Waals surface area (Å²) in [5.41, 5.74) is 0. The molecule has 0 spiro atoms. The van der Waals surface area contributed by atoms with E-state index < -0.39 is 9.84 Å². The summed E-state index contributed by atoms with van der Waals surface area (Å²) in [6, 6.07) is -0.113. The van der Waals surface area contributed by atoms with Crippen molar-refractivity contribution in [1.29, 1.82) is 0 Å². The second kappa shape index (κ2) is 7.35. The summed E-state index contributed by atoms with van der Waals surface area (Å²) in [5, 5.41) is 5.97. The lowest BCUT2D eigenvalue weighted by Gasteiger charge is -2.23. The third kappa shape index (κ3) is 6.06. The smallest absolute Gasteiger partial charge is 0.221 e. The molecule has 1 rings (SSSR count). The first kappa shape index (κ1) is 15.8. The van der Waals surface area contributed by atoms with Crippen LogP contribution >= 0.6 is 11.8 Å². The molecule has 5 nitrogen and oxygen atoms in total. The van der Waals surface area contributed by atoms with Crippen molar-refractivity contribution in [2.75, 3.05) is 29.6 Å². The number of hydrogen-bond donors (Lipinski definition) is 2. The van der Waals surface area contributed by atoms with Gasteiger partial charge in [0.25, 0.3) is 0 Å². The zero-order valence-electron chi connectivity index (χ0n) is 10.9. The van der Waals surface area contributed by atoms with E-state index in [0.29, 0.717) is 6.54 Å². The van der Waals surface area contributed by atoms with E-state index in [9.17, 15) is 13.2 Å². The quantitative estimate of drug-likeness (QED) is 0.722. The molecule has 2 atom stereocenters. The normalized spacial score (nSPS) is 24.4. The zero-order chi connectivity index (χ0) is 13.6. The maximum atomic E-state index is 11.7. The van der Waals surface area contributed by atoms with E-state index >= 15 is 0 Å². The number of hydrogen-bond acceptors (Lipinski definition) is 5. The molecule has 1 aliphatic rings. The Morgan fingerprint density at radius 1 is 1.56 bits per heavy atom. The maximum absolute atomic E-state index is 11.7. The van der Waals surface area contributed by atoms with E-state index in [-0.39, 0.29) is 35.9 Å². The summed E-state index contributed by atoms with van der Waals surface area (Å²) in [6.07, 6.45) is 0.236. The van der Waals surface area contributed by atoms with Gasteiger partial charge in [0.05, 0.1) is 11.5 Å². The van der Waals surface area contributed by atoms with Crippen LogP contribution in [0, 0.1) is 0 Å². The number of amides is 1. The van der Waals surface area contributed by atoms with Crippen LogP contribution in [0.25, 0.3) is 0 Å². The first-order valence-electron chi connectivity index (χ1n) is 6.24. The van der Waals surface area contributed by atoms with Crippen LogP contribution < -0.4 is 10.6 Å². The highest BCUT2D eigenvalue weighted by Crippen LogP contribution is 2.06. The second-order valence-electron chi connectivity index (χ2n) is 4.60. The van der Waals surface area contributed by atoms with Gasteiger partial charge in [0.15, 0.2) is 9.84 Å². The molecule has 0 radical (unpaired) electrons. The number of carbonyl (C=O) groups is 1. The van der Waals surface area contributed by atoms with E-state index in [4.69, 9.17) is 0 Å². The summed E-state index contributed by atoms with van der Waals surface area (Å²) < 4.78 is 22.9. The van der Waals surface area contributed by atoms with Gasteiger partial charge < -0.3 is 10.6 Å². The van der Waals surface area contributed by atoms with Gasteiger partial charge in [-0.1, -0.05) is 6.92 Å². The number of rotatable bonds is 6. The monoisotopic (exact) mass is 294 g/mol. The summed E-state index contributed by atoms with van der Waals surface area (Å²) in [6.45, 7) is 4.49. The van der Waals surface area contributed by atoms with E-state index in [1.807, 2.05) is 6.92 Å². The first-order valence-corrected chi connectivity index (χ1v) is 9.21. The van der Waals surface area contributed by atoms with E-state index in [1.165, 1.54) is 0 Å². The van der Waals surface area contributed by atoms with Crippen molar-refractivity contribution in [3.63, 3.8) is 0 Å². The molecule has 0 bridgehead atoms. The van der Waals surface area contributed by atoms with Crippen molar-refractivity contribution in [2.45, 2.75) is 32.4 Å². The minimum Gasteiger partial charge on any atom is -0.353 e. The lowest BCUT2D eigenvalue weighted by Crippen LogP contribution is -2.48. The molecular formula is C11H22N2O3S2. The summed E-state index contributed by atoms with van der Waals surface area (Å²) in [7, 11) is -2.97. The second-order valence-corrected chi connectivity index (χ2v) is 8.15. The molecule has 2 N–H and O–H groups in total. The Labute approximate surface area is 113 Å². The Morgan fingerprint density at radius 3 is 2.89 bits per heavy atom. The fraction of sp³-hybridized carbons (Fsp3) is 0.909. The number of carbonyl (C=O) groups excluding carboxylic acids is 1. The van der Waals surface area contributed by atoms with Gasteiger partial charge in [-0.25, -0.2) is 8.42 Å². The van der Waals surface area contributed by atoms with E-state index in [2.05, 4.69) is 17.6 Å². The minimum absolute atomic E-state index is 0.0680. The lowest BCUT2D eigenvalue weighted by molar-refractivity contribution is -0.121. The molecular weight excluding hydrogens is 272 g/mol. The van der Waals surface area contributed by atoms with Crippen molar-refractivity contribution < 1.29 is 13.2 Å². The van der Waals surface area contributed by atoms with Crippen LogP contribution in [-0.2, 0) is 14.6 Å². The Hall–Kier alpha value is -0.270. The Morgan fingerprint density at radius 2 is 2.28 bits per heavy atom. The lowest BCUT2D eigenvalue weighted by atomic mass is 10.2. The molecule has 1 amide bonds. The largest absolute Gasteiger partial charge is 0.353 e. The predicted molar refractivity (Wildman–Crippen MR) is 75.7 cm³/mol. The molecule has 0 aromatic carbocycles. The van der Waals surface area contributed by atoms with Crippen LogP contribution in [0.2, 0.25) is 0 Å². The summed E-state index contributed by atoms with van der Waals surface area (Å²) >= 11 is 1.78. The molecule has 106 valence electrons. The molecule has 1 aliphatic heterocycles. The van der Waals surface area contributed by atoms with Gasteiger partial charge in [-0.05, 0) is 12.7 Å². The highest BCUT2D eigenvalue weighted by molar-refractivity contribution is 7.99. The van der Waals surface area contributed by atoms with Crippen molar-refractivity contribution in [1.82, 2.24) is 10.6 Å². The van der Waals surface area contributed by atoms with Crippen molar-refractivity contribution in [3.05, 3.63) is 0 Å². The fourth-order valence-electron chi connectivity index (χ4n) is 1.89.